The first-order valence-corrected chi connectivity index (χ1v) is 14.0. The highest BCUT2D eigenvalue weighted by Gasteiger charge is 2.30. The number of carbonyl (C=O) groups excluding carboxylic acids is 1. The normalized spacial score (nSPS) is 14.9. The SMILES string of the molecule is CCOC(=O)CS(=O)(=O)N[C@H]1CCc2c(-c3nnc(-c4ccc(OC(C)C)c(C#N)c4)s3)cccc21. The van der Waals surface area contributed by atoms with Gasteiger partial charge in [0.2, 0.25) is 10.0 Å². The number of nitrogens with zero attached hydrogens (tertiary/aromatic N) is 3. The van der Waals surface area contributed by atoms with Crippen molar-refractivity contribution in [2.24, 2.45) is 0 Å². The Hall–Kier alpha value is -3.33. The molecule has 0 aliphatic heterocycles. The van der Waals surface area contributed by atoms with Crippen LogP contribution in [0.5, 0.6) is 5.75 Å². The van der Waals surface area contributed by atoms with Gasteiger partial charge < -0.3 is 9.47 Å². The van der Waals surface area contributed by atoms with Crippen molar-refractivity contribution in [3.8, 4) is 33.0 Å². The number of fused-ring (bicyclic) bond motifs is 1. The van der Waals surface area contributed by atoms with Crippen LogP contribution in [0.4, 0.5) is 0 Å². The number of hydrogen-bond acceptors (Lipinski definition) is 9. The minimum absolute atomic E-state index is 0.0466. The lowest BCUT2D eigenvalue weighted by Crippen LogP contribution is -2.33. The third-order valence-corrected chi connectivity index (χ3v) is 7.84. The van der Waals surface area contributed by atoms with Crippen molar-refractivity contribution in [3.63, 3.8) is 0 Å². The molecule has 36 heavy (non-hydrogen) atoms. The van der Waals surface area contributed by atoms with E-state index in [1.807, 2.05) is 38.1 Å². The van der Waals surface area contributed by atoms with E-state index in [2.05, 4.69) is 21.0 Å². The third-order valence-electron chi connectivity index (χ3n) is 5.57. The molecule has 0 saturated carbocycles. The Morgan fingerprint density at radius 2 is 2.03 bits per heavy atom. The maximum Gasteiger partial charge on any atom is 0.322 e. The molecular formula is C25H26N4O5S2. The van der Waals surface area contributed by atoms with Crippen molar-refractivity contribution in [3.05, 3.63) is 53.1 Å². The maximum absolute atomic E-state index is 12.5. The lowest BCUT2D eigenvalue weighted by atomic mass is 10.0. The van der Waals surface area contributed by atoms with E-state index in [1.165, 1.54) is 11.3 Å². The molecule has 1 heterocycles. The molecule has 0 unspecified atom stereocenters. The zero-order valence-electron chi connectivity index (χ0n) is 20.1. The van der Waals surface area contributed by atoms with Gasteiger partial charge >= 0.3 is 5.97 Å². The Bertz CT molecular complexity index is 1430. The van der Waals surface area contributed by atoms with Gasteiger partial charge in [-0.1, -0.05) is 29.5 Å². The number of aromatic nitrogens is 2. The van der Waals surface area contributed by atoms with Gasteiger partial charge in [-0.25, -0.2) is 13.1 Å². The summed E-state index contributed by atoms with van der Waals surface area (Å²) in [5, 5.41) is 19.6. The summed E-state index contributed by atoms with van der Waals surface area (Å²) >= 11 is 1.40. The van der Waals surface area contributed by atoms with Crippen molar-refractivity contribution < 1.29 is 22.7 Å². The van der Waals surface area contributed by atoms with Crippen LogP contribution in [0.3, 0.4) is 0 Å². The van der Waals surface area contributed by atoms with Crippen LogP contribution in [0.1, 0.15) is 49.9 Å². The molecule has 11 heteroatoms. The summed E-state index contributed by atoms with van der Waals surface area (Å²) in [6, 6.07) is 12.8. The lowest BCUT2D eigenvalue weighted by Gasteiger charge is -2.14. The van der Waals surface area contributed by atoms with Crippen molar-refractivity contribution >= 4 is 27.3 Å². The Morgan fingerprint density at radius 1 is 1.25 bits per heavy atom. The first kappa shape index (κ1) is 25.8. The lowest BCUT2D eigenvalue weighted by molar-refractivity contribution is -0.139. The monoisotopic (exact) mass is 526 g/mol. The number of nitrogens with one attached hydrogen (secondary N) is 1. The van der Waals surface area contributed by atoms with Crippen LogP contribution in [0.25, 0.3) is 21.1 Å². The molecule has 1 aliphatic rings. The fourth-order valence-corrected chi connectivity index (χ4v) is 6.20. The van der Waals surface area contributed by atoms with Gasteiger partial charge in [-0.05, 0) is 62.9 Å². The van der Waals surface area contributed by atoms with Crippen LogP contribution >= 0.6 is 11.3 Å². The van der Waals surface area contributed by atoms with Gasteiger partial charge in [0, 0.05) is 17.2 Å². The van der Waals surface area contributed by atoms with E-state index in [0.29, 0.717) is 34.2 Å². The Morgan fingerprint density at radius 3 is 2.75 bits per heavy atom. The van der Waals surface area contributed by atoms with Crippen LogP contribution in [-0.2, 0) is 26.0 Å². The van der Waals surface area contributed by atoms with Gasteiger partial charge in [0.25, 0.3) is 0 Å². The third kappa shape index (κ3) is 5.73. The summed E-state index contributed by atoms with van der Waals surface area (Å²) in [6.45, 7) is 5.56. The fourth-order valence-electron chi connectivity index (χ4n) is 4.15. The molecule has 3 aromatic rings. The van der Waals surface area contributed by atoms with Crippen LogP contribution < -0.4 is 9.46 Å². The van der Waals surface area contributed by atoms with Gasteiger partial charge in [0.15, 0.2) is 5.75 Å². The number of nitriles is 1. The molecule has 1 atom stereocenters. The molecule has 1 aromatic heterocycles. The molecule has 0 spiro atoms. The number of hydrogen-bond donors (Lipinski definition) is 1. The number of ether oxygens (including phenoxy) is 2. The van der Waals surface area contributed by atoms with Crippen molar-refractivity contribution in [1.82, 2.24) is 14.9 Å². The van der Waals surface area contributed by atoms with Gasteiger partial charge in [-0.3, -0.25) is 4.79 Å². The van der Waals surface area contributed by atoms with Crippen molar-refractivity contribution in [2.75, 3.05) is 12.4 Å². The predicted molar refractivity (Wildman–Crippen MR) is 136 cm³/mol. The molecule has 1 aliphatic carbocycles. The number of sulfonamides is 1. The van der Waals surface area contributed by atoms with Crippen molar-refractivity contribution in [2.45, 2.75) is 45.8 Å². The quantitative estimate of drug-likeness (QED) is 0.414. The second kappa shape index (κ2) is 10.7. The minimum Gasteiger partial charge on any atom is -0.490 e. The molecule has 2 aromatic carbocycles. The summed E-state index contributed by atoms with van der Waals surface area (Å²) < 4.78 is 38.0. The smallest absolute Gasteiger partial charge is 0.322 e. The Kier molecular flexibility index (Phi) is 7.68. The molecule has 0 radical (unpaired) electrons. The number of rotatable bonds is 9. The maximum atomic E-state index is 12.5. The number of carbonyl (C=O) groups is 1. The Labute approximate surface area is 214 Å². The van der Waals surface area contributed by atoms with Crippen LogP contribution in [0.15, 0.2) is 36.4 Å². The molecule has 9 nitrogen and oxygen atoms in total. The Balaban J connectivity index is 1.58. The highest BCUT2D eigenvalue weighted by molar-refractivity contribution is 7.90. The van der Waals surface area contributed by atoms with Gasteiger partial charge in [0.1, 0.15) is 21.8 Å². The van der Waals surface area contributed by atoms with E-state index in [1.54, 1.807) is 19.1 Å². The number of esters is 1. The second-order valence-electron chi connectivity index (χ2n) is 8.55. The van der Waals surface area contributed by atoms with Gasteiger partial charge in [-0.15, -0.1) is 10.2 Å². The first-order chi connectivity index (χ1) is 17.2. The summed E-state index contributed by atoms with van der Waals surface area (Å²) in [6.07, 6.45) is 1.19. The van der Waals surface area contributed by atoms with Crippen LogP contribution in [0.2, 0.25) is 0 Å². The molecule has 1 N–H and O–H groups in total. The van der Waals surface area contributed by atoms with E-state index in [9.17, 15) is 18.5 Å². The second-order valence-corrected chi connectivity index (χ2v) is 11.3. The van der Waals surface area contributed by atoms with Gasteiger partial charge in [-0.2, -0.15) is 5.26 Å². The molecule has 0 amide bonds. The summed E-state index contributed by atoms with van der Waals surface area (Å²) in [7, 11) is -3.84. The molecule has 188 valence electrons. The minimum atomic E-state index is -3.84. The first-order valence-electron chi connectivity index (χ1n) is 11.5. The largest absolute Gasteiger partial charge is 0.490 e. The summed E-state index contributed by atoms with van der Waals surface area (Å²) in [5.41, 5.74) is 3.95. The summed E-state index contributed by atoms with van der Waals surface area (Å²) in [5.74, 6) is -0.960. The highest BCUT2D eigenvalue weighted by Crippen LogP contribution is 2.40. The zero-order chi connectivity index (χ0) is 25.9. The van der Waals surface area contributed by atoms with E-state index in [0.717, 1.165) is 22.3 Å². The molecule has 0 fully saturated rings. The molecule has 4 rings (SSSR count). The molecular weight excluding hydrogens is 500 g/mol. The van der Waals surface area contributed by atoms with Crippen molar-refractivity contribution in [1.29, 1.82) is 5.26 Å². The van der Waals surface area contributed by atoms with Crippen LogP contribution in [-0.4, -0.2) is 43.0 Å². The summed E-state index contributed by atoms with van der Waals surface area (Å²) in [4.78, 5) is 11.7. The topological polar surface area (TPSA) is 131 Å². The van der Waals surface area contributed by atoms with E-state index in [-0.39, 0.29) is 12.7 Å². The van der Waals surface area contributed by atoms with E-state index < -0.39 is 27.8 Å². The van der Waals surface area contributed by atoms with E-state index in [4.69, 9.17) is 9.47 Å². The predicted octanol–water partition coefficient (Wildman–Crippen LogP) is 4.00. The molecule has 0 bridgehead atoms. The average molecular weight is 527 g/mol. The average Bonchev–Trinajstić information content (AvgIpc) is 3.46. The fraction of sp³-hybridized carbons (Fsp3) is 0.360. The van der Waals surface area contributed by atoms with Crippen LogP contribution in [0, 0.1) is 11.3 Å². The zero-order valence-corrected chi connectivity index (χ0v) is 21.8. The van der Waals surface area contributed by atoms with Gasteiger partial charge in [0.05, 0.1) is 18.3 Å². The standard InChI is InChI=1S/C25H26N4O5S2/c1-4-33-23(30)14-36(31,32)29-21-10-9-18-19(21)6-5-7-20(18)25-28-27-24(35-25)16-8-11-22(34-15(2)3)17(12-16)13-26/h5-8,11-12,15,21,29H,4,9-10,14H2,1-3H3/t21-/m0/s1. The molecule has 0 saturated heterocycles. The van der Waals surface area contributed by atoms with E-state index >= 15 is 0 Å². The number of benzene rings is 2. The highest BCUT2D eigenvalue weighted by atomic mass is 32.2.